The molecule has 0 aromatic carbocycles. The third kappa shape index (κ3) is 28.0. The maximum atomic E-state index is 10.5. The Hall–Kier alpha value is -0.320. The molecule has 3 unspecified atom stereocenters. The number of hydrogen-bond acceptors (Lipinski definition) is 8. The maximum absolute atomic E-state index is 10.5. The van der Waals surface area contributed by atoms with Crippen LogP contribution in [0.5, 0.6) is 0 Å². The Morgan fingerprint density at radius 1 is 0.474 bits per heavy atom. The zero-order valence-corrected chi connectivity index (χ0v) is 39.2. The maximum Gasteiger partial charge on any atom is 0.186 e. The molecule has 8 heteroatoms. The smallest absolute Gasteiger partial charge is 0.186 e. The van der Waals surface area contributed by atoms with Crippen molar-refractivity contribution >= 4 is 0 Å². The van der Waals surface area contributed by atoms with E-state index in [4.69, 9.17) is 18.9 Å². The van der Waals surface area contributed by atoms with Gasteiger partial charge in [-0.2, -0.15) is 0 Å². The van der Waals surface area contributed by atoms with Crippen molar-refractivity contribution in [3.05, 3.63) is 0 Å². The van der Waals surface area contributed by atoms with Gasteiger partial charge in [-0.05, 0) is 60.2 Å². The van der Waals surface area contributed by atoms with Gasteiger partial charge >= 0.3 is 0 Å². The van der Waals surface area contributed by atoms with E-state index in [0.717, 1.165) is 48.3 Å². The Morgan fingerprint density at radius 3 is 1.23 bits per heavy atom. The molecule has 0 saturated carbocycles. The molecule has 1 aliphatic rings. The molecule has 1 fully saturated rings. The lowest BCUT2D eigenvalue weighted by Gasteiger charge is -2.23. The molecule has 0 aliphatic carbocycles. The Kier molecular flexibility index (Phi) is 32.0. The molecule has 1 heterocycles. The van der Waals surface area contributed by atoms with Crippen LogP contribution in [0, 0.1) is 47.3 Å². The van der Waals surface area contributed by atoms with Gasteiger partial charge in [0.15, 0.2) is 6.29 Å². The van der Waals surface area contributed by atoms with Crippen molar-refractivity contribution in [3.63, 3.8) is 0 Å². The highest BCUT2D eigenvalue weighted by molar-refractivity contribution is 4.90. The molecule has 0 radical (unpaired) electrons. The molecule has 4 N–H and O–H groups in total. The first-order valence-corrected chi connectivity index (χ1v) is 24.2. The fourth-order valence-corrected chi connectivity index (χ4v) is 8.39. The first-order chi connectivity index (χ1) is 27.1. The SMILES string of the molecule is CC(C)CCC[C@@H](C)CCC[C@@H](C)CCCC(C)CCOCC(CO[C@@H]1O[C@H]([C@H](O)CO)[C@H](O)[C@H]1O)OCCC(C)CCC[C@H](C)CCC[C@H](C)CCCC(C)C. The van der Waals surface area contributed by atoms with Crippen LogP contribution in [0.25, 0.3) is 0 Å². The molecule has 1 aliphatic heterocycles. The van der Waals surface area contributed by atoms with Crippen molar-refractivity contribution in [1.82, 2.24) is 0 Å². The van der Waals surface area contributed by atoms with E-state index in [-0.39, 0.29) is 12.7 Å². The van der Waals surface area contributed by atoms with Gasteiger partial charge in [0, 0.05) is 13.2 Å². The van der Waals surface area contributed by atoms with Gasteiger partial charge in [-0.15, -0.1) is 0 Å². The molecule has 0 bridgehead atoms. The summed E-state index contributed by atoms with van der Waals surface area (Å²) >= 11 is 0. The van der Waals surface area contributed by atoms with Crippen LogP contribution in [0.2, 0.25) is 0 Å². The van der Waals surface area contributed by atoms with Crippen molar-refractivity contribution in [3.8, 4) is 0 Å². The van der Waals surface area contributed by atoms with Gasteiger partial charge in [-0.3, -0.25) is 0 Å². The molecule has 8 nitrogen and oxygen atoms in total. The predicted molar refractivity (Wildman–Crippen MR) is 237 cm³/mol. The third-order valence-electron chi connectivity index (χ3n) is 12.8. The minimum atomic E-state index is -1.35. The normalized spacial score (nSPS) is 23.2. The monoisotopic (exact) mass is 815 g/mol. The van der Waals surface area contributed by atoms with Crippen LogP contribution in [0.4, 0.5) is 0 Å². The standard InChI is InChI=1S/C49H98O8/c1-36(2)17-11-19-38(5)21-13-23-40(7)25-15-27-42(9)29-31-54-34-44(35-56-49-47(53)46(52)48(57-49)45(51)33-50)55-32-30-43(10)28-16-26-41(8)24-14-22-39(6)20-12-18-37(3)4/h36-53H,11-35H2,1-10H3/t38-,39-,40-,41-,42?,43?,44?,45-,46-,47-,48-,49-/m1/s1. The summed E-state index contributed by atoms with van der Waals surface area (Å²) in [6.07, 6.45) is 19.2. The second-order valence-corrected chi connectivity index (χ2v) is 20.2. The summed E-state index contributed by atoms with van der Waals surface area (Å²) in [6.45, 7) is 24.8. The van der Waals surface area contributed by atoms with Gasteiger partial charge in [0.05, 0.1) is 19.8 Å². The van der Waals surface area contributed by atoms with E-state index >= 15 is 0 Å². The second-order valence-electron chi connectivity index (χ2n) is 20.2. The highest BCUT2D eigenvalue weighted by Gasteiger charge is 2.46. The molecule has 12 atom stereocenters. The van der Waals surface area contributed by atoms with Crippen LogP contribution in [0.15, 0.2) is 0 Å². The summed E-state index contributed by atoms with van der Waals surface area (Å²) in [5.74, 6) is 6.06. The van der Waals surface area contributed by atoms with Crippen molar-refractivity contribution < 1.29 is 39.4 Å². The molecule has 1 saturated heterocycles. The summed E-state index contributed by atoms with van der Waals surface area (Å²) in [5.41, 5.74) is 0. The molecule has 0 amide bonds. The van der Waals surface area contributed by atoms with Gasteiger partial charge in [-0.25, -0.2) is 0 Å². The van der Waals surface area contributed by atoms with E-state index in [9.17, 15) is 20.4 Å². The molecule has 0 spiro atoms. The summed E-state index contributed by atoms with van der Waals surface area (Å²) in [4.78, 5) is 0. The average molecular weight is 815 g/mol. The van der Waals surface area contributed by atoms with Crippen LogP contribution in [-0.2, 0) is 18.9 Å². The summed E-state index contributed by atoms with van der Waals surface area (Å²) < 4.78 is 23.9. The van der Waals surface area contributed by atoms with E-state index < -0.39 is 37.3 Å². The van der Waals surface area contributed by atoms with E-state index in [2.05, 4.69) is 69.2 Å². The second kappa shape index (κ2) is 33.3. The first kappa shape index (κ1) is 54.7. The number of aliphatic hydroxyl groups excluding tert-OH is 4. The number of rotatable bonds is 38. The van der Waals surface area contributed by atoms with Crippen molar-refractivity contribution in [2.75, 3.05) is 33.0 Å². The van der Waals surface area contributed by atoms with E-state index in [0.29, 0.717) is 31.7 Å². The van der Waals surface area contributed by atoms with E-state index in [1.807, 2.05) is 0 Å². The fourth-order valence-electron chi connectivity index (χ4n) is 8.39. The zero-order valence-electron chi connectivity index (χ0n) is 39.2. The Labute approximate surface area is 353 Å². The van der Waals surface area contributed by atoms with Crippen molar-refractivity contribution in [2.45, 2.75) is 234 Å². The quantitative estimate of drug-likeness (QED) is 0.0455. The minimum Gasteiger partial charge on any atom is -0.394 e. The van der Waals surface area contributed by atoms with Gasteiger partial charge in [0.2, 0.25) is 0 Å². The Bertz CT molecular complexity index is 903. The van der Waals surface area contributed by atoms with Crippen LogP contribution in [0.1, 0.15) is 198 Å². The van der Waals surface area contributed by atoms with Gasteiger partial charge in [0.1, 0.15) is 30.5 Å². The number of hydrogen-bond donors (Lipinski definition) is 4. The molecule has 342 valence electrons. The first-order valence-electron chi connectivity index (χ1n) is 24.2. The topological polar surface area (TPSA) is 118 Å². The van der Waals surface area contributed by atoms with E-state index in [1.54, 1.807) is 0 Å². The lowest BCUT2D eigenvalue weighted by molar-refractivity contribution is -0.198. The highest BCUT2D eigenvalue weighted by atomic mass is 16.7. The van der Waals surface area contributed by atoms with Crippen LogP contribution < -0.4 is 0 Å². The van der Waals surface area contributed by atoms with Crippen LogP contribution >= 0.6 is 0 Å². The predicted octanol–water partition coefficient (Wildman–Crippen LogP) is 11.1. The third-order valence-corrected chi connectivity index (χ3v) is 12.8. The molecule has 57 heavy (non-hydrogen) atoms. The van der Waals surface area contributed by atoms with Gasteiger partial charge < -0.3 is 39.4 Å². The molecule has 1 rings (SSSR count). The molecule has 0 aromatic rings. The number of aliphatic hydroxyl groups is 4. The van der Waals surface area contributed by atoms with Crippen LogP contribution in [-0.4, -0.2) is 90.3 Å². The number of ether oxygens (including phenoxy) is 4. The zero-order chi connectivity index (χ0) is 42.6. The highest BCUT2D eigenvalue weighted by Crippen LogP contribution is 2.27. The Morgan fingerprint density at radius 2 is 0.842 bits per heavy atom. The minimum absolute atomic E-state index is 0.128. The lowest BCUT2D eigenvalue weighted by atomic mass is 9.91. The molecular weight excluding hydrogens is 717 g/mol. The lowest BCUT2D eigenvalue weighted by Crippen LogP contribution is -2.40. The van der Waals surface area contributed by atoms with E-state index in [1.165, 1.54) is 116 Å². The summed E-state index contributed by atoms with van der Waals surface area (Å²) in [5, 5.41) is 40.2. The molecule has 0 aromatic heterocycles. The van der Waals surface area contributed by atoms with Gasteiger partial charge in [0.25, 0.3) is 0 Å². The van der Waals surface area contributed by atoms with Crippen molar-refractivity contribution in [2.24, 2.45) is 47.3 Å². The summed E-state index contributed by atoms with van der Waals surface area (Å²) in [6, 6.07) is 0. The molecular formula is C49H98O8. The largest absolute Gasteiger partial charge is 0.394 e. The van der Waals surface area contributed by atoms with Gasteiger partial charge in [-0.1, -0.05) is 185 Å². The summed E-state index contributed by atoms with van der Waals surface area (Å²) in [7, 11) is 0. The fraction of sp³-hybridized carbons (Fsp3) is 1.00. The van der Waals surface area contributed by atoms with Crippen LogP contribution in [0.3, 0.4) is 0 Å². The Balaban J connectivity index is 2.42. The average Bonchev–Trinajstić information content (AvgIpc) is 3.43. The van der Waals surface area contributed by atoms with Crippen molar-refractivity contribution in [1.29, 1.82) is 0 Å².